The van der Waals surface area contributed by atoms with Crippen LogP contribution in [0.2, 0.25) is 0 Å². The minimum absolute atomic E-state index is 0.130. The topological polar surface area (TPSA) is 66.8 Å². The number of carbonyl (C=O) groups is 1. The third-order valence-electron chi connectivity index (χ3n) is 4.06. The second-order valence-electron chi connectivity index (χ2n) is 6.83. The van der Waals surface area contributed by atoms with Crippen molar-refractivity contribution in [3.05, 3.63) is 60.8 Å². The van der Waals surface area contributed by atoms with Crippen LogP contribution in [0.1, 0.15) is 71.1 Å². The van der Waals surface area contributed by atoms with Crippen LogP contribution in [0.25, 0.3) is 0 Å². The number of hydrogen-bond acceptors (Lipinski definition) is 4. The predicted octanol–water partition coefficient (Wildman–Crippen LogP) is 5.58. The van der Waals surface area contributed by atoms with E-state index in [0.717, 1.165) is 57.8 Å². The van der Waals surface area contributed by atoms with Gasteiger partial charge in [0.2, 0.25) is 0 Å². The second kappa shape index (κ2) is 22.4. The number of unbranched alkanes of at least 4 members (excludes halogenated alkanes) is 3. The highest BCUT2D eigenvalue weighted by Crippen LogP contribution is 2.05. The zero-order valence-electron chi connectivity index (χ0n) is 18.0. The van der Waals surface area contributed by atoms with E-state index < -0.39 is 6.10 Å². The molecule has 4 heteroatoms. The first-order valence-corrected chi connectivity index (χ1v) is 10.9. The van der Waals surface area contributed by atoms with Crippen molar-refractivity contribution < 1.29 is 19.7 Å². The maximum Gasteiger partial charge on any atom is 0.305 e. The van der Waals surface area contributed by atoms with Gasteiger partial charge in [-0.3, -0.25) is 4.79 Å². The first-order chi connectivity index (χ1) is 14.2. The van der Waals surface area contributed by atoms with Crippen molar-refractivity contribution in [2.24, 2.45) is 0 Å². The summed E-state index contributed by atoms with van der Waals surface area (Å²) in [5.41, 5.74) is 0. The van der Waals surface area contributed by atoms with E-state index in [0.29, 0.717) is 6.42 Å². The van der Waals surface area contributed by atoms with Gasteiger partial charge in [-0.25, -0.2) is 0 Å². The van der Waals surface area contributed by atoms with E-state index in [1.165, 1.54) is 0 Å². The fourth-order valence-electron chi connectivity index (χ4n) is 2.39. The maximum absolute atomic E-state index is 11.4. The van der Waals surface area contributed by atoms with E-state index in [2.05, 4.69) is 67.7 Å². The van der Waals surface area contributed by atoms with Crippen LogP contribution in [0.3, 0.4) is 0 Å². The van der Waals surface area contributed by atoms with Gasteiger partial charge in [-0.1, -0.05) is 74.1 Å². The molecule has 0 amide bonds. The van der Waals surface area contributed by atoms with Gasteiger partial charge in [-0.15, -0.1) is 0 Å². The van der Waals surface area contributed by atoms with Gasteiger partial charge in [-0.05, 0) is 51.4 Å². The SMILES string of the molecule is CC/C=C/C/C=C/C/C=C/C/C=C\C/C=C/CCCCCC(=O)OCC(O)CO. The van der Waals surface area contributed by atoms with Gasteiger partial charge in [0.15, 0.2) is 0 Å². The highest BCUT2D eigenvalue weighted by atomic mass is 16.5. The molecule has 29 heavy (non-hydrogen) atoms. The van der Waals surface area contributed by atoms with Gasteiger partial charge in [0.25, 0.3) is 0 Å². The number of allylic oxidation sites excluding steroid dienone is 10. The minimum atomic E-state index is -0.978. The lowest BCUT2D eigenvalue weighted by molar-refractivity contribution is -0.147. The fraction of sp³-hybridized carbons (Fsp3) is 0.560. The standard InChI is InChI=1S/C25H40O4/c1-2-3-4-5-6-7-8-9-10-11-12-13-14-15-16-17-18-19-20-21-25(28)29-23-24(27)22-26/h3-4,6-7,9-10,12-13,15-16,24,26-27H,2,5,8,11,14,17-23H2,1H3/b4-3+,7-6+,10-9+,13-12-,16-15+. The van der Waals surface area contributed by atoms with Crippen LogP contribution in [-0.2, 0) is 9.53 Å². The highest BCUT2D eigenvalue weighted by molar-refractivity contribution is 5.69. The van der Waals surface area contributed by atoms with Crippen molar-refractivity contribution in [2.45, 2.75) is 77.2 Å². The van der Waals surface area contributed by atoms with Crippen LogP contribution >= 0.6 is 0 Å². The molecule has 4 nitrogen and oxygen atoms in total. The molecule has 2 N–H and O–H groups in total. The molecule has 0 heterocycles. The summed E-state index contributed by atoms with van der Waals surface area (Å²) in [6, 6.07) is 0. The molecule has 0 rings (SSSR count). The van der Waals surface area contributed by atoms with Crippen LogP contribution in [0.15, 0.2) is 60.8 Å². The molecule has 0 aromatic carbocycles. The largest absolute Gasteiger partial charge is 0.463 e. The molecular formula is C25H40O4. The average Bonchev–Trinajstić information content (AvgIpc) is 2.73. The molecule has 1 unspecified atom stereocenters. The summed E-state index contributed by atoms with van der Waals surface area (Å²) in [6.07, 6.45) is 30.2. The predicted molar refractivity (Wildman–Crippen MR) is 122 cm³/mol. The number of aliphatic hydroxyl groups excluding tert-OH is 2. The van der Waals surface area contributed by atoms with Crippen LogP contribution in [0.5, 0.6) is 0 Å². The van der Waals surface area contributed by atoms with Crippen LogP contribution in [0.4, 0.5) is 0 Å². The molecule has 0 radical (unpaired) electrons. The van der Waals surface area contributed by atoms with Crippen LogP contribution < -0.4 is 0 Å². The van der Waals surface area contributed by atoms with Crippen molar-refractivity contribution in [3.63, 3.8) is 0 Å². The Labute approximate surface area is 177 Å². The number of rotatable bonds is 18. The Balaban J connectivity index is 3.47. The Bertz CT molecular complexity index is 515. The summed E-state index contributed by atoms with van der Waals surface area (Å²) in [5, 5.41) is 17.7. The van der Waals surface area contributed by atoms with Crippen molar-refractivity contribution in [3.8, 4) is 0 Å². The molecule has 0 saturated carbocycles. The Morgan fingerprint density at radius 2 is 1.31 bits per heavy atom. The number of carbonyl (C=O) groups excluding carboxylic acids is 1. The van der Waals surface area contributed by atoms with Gasteiger partial charge in [-0.2, -0.15) is 0 Å². The van der Waals surface area contributed by atoms with E-state index in [1.54, 1.807) is 0 Å². The smallest absolute Gasteiger partial charge is 0.305 e. The summed E-state index contributed by atoms with van der Waals surface area (Å²) in [4.78, 5) is 11.4. The molecule has 0 aliphatic heterocycles. The molecule has 1 atom stereocenters. The van der Waals surface area contributed by atoms with Gasteiger partial charge in [0.05, 0.1) is 6.61 Å². The van der Waals surface area contributed by atoms with Crippen LogP contribution in [0, 0.1) is 0 Å². The van der Waals surface area contributed by atoms with Crippen molar-refractivity contribution in [1.82, 2.24) is 0 Å². The maximum atomic E-state index is 11.4. The molecule has 0 saturated heterocycles. The second-order valence-corrected chi connectivity index (χ2v) is 6.83. The third kappa shape index (κ3) is 22.2. The van der Waals surface area contributed by atoms with Gasteiger partial charge >= 0.3 is 5.97 Å². The Kier molecular flexibility index (Phi) is 20.9. The van der Waals surface area contributed by atoms with E-state index in [-0.39, 0.29) is 19.2 Å². The lowest BCUT2D eigenvalue weighted by atomic mass is 10.1. The minimum Gasteiger partial charge on any atom is -0.463 e. The zero-order valence-corrected chi connectivity index (χ0v) is 18.0. The van der Waals surface area contributed by atoms with E-state index >= 15 is 0 Å². The first-order valence-electron chi connectivity index (χ1n) is 10.9. The normalized spacial score (nSPS) is 13.6. The average molecular weight is 405 g/mol. The molecule has 0 fully saturated rings. The van der Waals surface area contributed by atoms with Crippen molar-refractivity contribution >= 4 is 5.97 Å². The lowest BCUT2D eigenvalue weighted by Gasteiger charge is -2.08. The number of hydrogen-bond donors (Lipinski definition) is 2. The molecule has 0 aromatic heterocycles. The third-order valence-corrected chi connectivity index (χ3v) is 4.06. The molecule has 0 spiro atoms. The van der Waals surface area contributed by atoms with Crippen molar-refractivity contribution in [1.29, 1.82) is 0 Å². The molecule has 164 valence electrons. The quantitative estimate of drug-likeness (QED) is 0.178. The number of ether oxygens (including phenoxy) is 1. The summed E-state index contributed by atoms with van der Waals surface area (Å²) in [5.74, 6) is -0.313. The van der Waals surface area contributed by atoms with Gasteiger partial charge in [0, 0.05) is 6.42 Å². The molecule has 0 bridgehead atoms. The summed E-state index contributed by atoms with van der Waals surface area (Å²) < 4.78 is 4.85. The Hall–Kier alpha value is -1.91. The molecule has 0 aromatic rings. The van der Waals surface area contributed by atoms with E-state index in [1.807, 2.05) is 0 Å². The van der Waals surface area contributed by atoms with Crippen molar-refractivity contribution in [2.75, 3.05) is 13.2 Å². The van der Waals surface area contributed by atoms with E-state index in [4.69, 9.17) is 14.9 Å². The lowest BCUT2D eigenvalue weighted by Crippen LogP contribution is -2.21. The summed E-state index contributed by atoms with van der Waals surface area (Å²) in [6.45, 7) is 1.63. The van der Waals surface area contributed by atoms with Gasteiger partial charge in [0.1, 0.15) is 12.7 Å². The number of esters is 1. The summed E-state index contributed by atoms with van der Waals surface area (Å²) >= 11 is 0. The monoisotopic (exact) mass is 404 g/mol. The Morgan fingerprint density at radius 1 is 0.793 bits per heavy atom. The fourth-order valence-corrected chi connectivity index (χ4v) is 2.39. The number of aliphatic hydroxyl groups is 2. The molecule has 0 aliphatic rings. The Morgan fingerprint density at radius 3 is 1.83 bits per heavy atom. The summed E-state index contributed by atoms with van der Waals surface area (Å²) in [7, 11) is 0. The highest BCUT2D eigenvalue weighted by Gasteiger charge is 2.07. The molecular weight excluding hydrogens is 364 g/mol. The zero-order chi connectivity index (χ0) is 21.4. The first kappa shape index (κ1) is 27.1. The van der Waals surface area contributed by atoms with Crippen LogP contribution in [-0.4, -0.2) is 35.5 Å². The molecule has 0 aliphatic carbocycles. The van der Waals surface area contributed by atoms with Gasteiger partial charge < -0.3 is 14.9 Å². The van der Waals surface area contributed by atoms with E-state index in [9.17, 15) is 4.79 Å².